The Morgan fingerprint density at radius 1 is 0.280 bits per heavy atom. The van der Waals surface area contributed by atoms with Crippen LogP contribution in [-0.4, -0.2) is 37.2 Å². The van der Waals surface area contributed by atoms with E-state index in [0.29, 0.717) is 19.3 Å². The first kappa shape index (κ1) is 71.6. The predicted molar refractivity (Wildman–Crippen MR) is 325 cm³/mol. The van der Waals surface area contributed by atoms with Gasteiger partial charge in [-0.15, -0.1) is 0 Å². The fourth-order valence-corrected chi connectivity index (χ4v) is 9.08. The van der Waals surface area contributed by atoms with Crippen molar-refractivity contribution in [1.29, 1.82) is 0 Å². The third-order valence-corrected chi connectivity index (χ3v) is 13.9. The van der Waals surface area contributed by atoms with Crippen molar-refractivity contribution in [2.75, 3.05) is 13.2 Å². The number of esters is 3. The van der Waals surface area contributed by atoms with Gasteiger partial charge < -0.3 is 14.2 Å². The highest BCUT2D eigenvalue weighted by Crippen LogP contribution is 2.17. The monoisotopic (exact) mass is 1040 g/mol. The molecule has 0 heterocycles. The number of rotatable bonds is 58. The average Bonchev–Trinajstić information content (AvgIpc) is 3.41. The molecular weight excluding hydrogens is 925 g/mol. The molecule has 75 heavy (non-hydrogen) atoms. The molecule has 6 heteroatoms. The molecule has 0 fully saturated rings. The van der Waals surface area contributed by atoms with Crippen molar-refractivity contribution in [1.82, 2.24) is 0 Å². The molecule has 6 nitrogen and oxygen atoms in total. The Morgan fingerprint density at radius 3 is 0.867 bits per heavy atom. The van der Waals surface area contributed by atoms with Crippen molar-refractivity contribution < 1.29 is 28.6 Å². The molecule has 0 spiro atoms. The van der Waals surface area contributed by atoms with E-state index in [0.717, 1.165) is 103 Å². The van der Waals surface area contributed by atoms with Crippen molar-refractivity contribution in [3.05, 3.63) is 85.1 Å². The zero-order valence-electron chi connectivity index (χ0n) is 49.6. The molecule has 1 unspecified atom stereocenters. The molecule has 0 saturated heterocycles. The van der Waals surface area contributed by atoms with Crippen LogP contribution in [0.15, 0.2) is 85.1 Å². The Hall–Kier alpha value is -3.41. The molecule has 1 atom stereocenters. The van der Waals surface area contributed by atoms with E-state index in [1.54, 1.807) is 0 Å². The first-order valence-electron chi connectivity index (χ1n) is 32.1. The van der Waals surface area contributed by atoms with E-state index < -0.39 is 6.10 Å². The van der Waals surface area contributed by atoms with Gasteiger partial charge >= 0.3 is 17.9 Å². The van der Waals surface area contributed by atoms with Crippen LogP contribution < -0.4 is 0 Å². The maximum atomic E-state index is 12.8. The minimum absolute atomic E-state index is 0.0750. The lowest BCUT2D eigenvalue weighted by Crippen LogP contribution is -2.30. The second-order valence-corrected chi connectivity index (χ2v) is 21.3. The first-order chi connectivity index (χ1) is 37.0. The van der Waals surface area contributed by atoms with Crippen LogP contribution in [0, 0.1) is 0 Å². The Labute approximate surface area is 465 Å². The van der Waals surface area contributed by atoms with E-state index in [4.69, 9.17) is 14.2 Å². The Balaban J connectivity index is 4.11. The van der Waals surface area contributed by atoms with Crippen LogP contribution in [0.5, 0.6) is 0 Å². The second kappa shape index (κ2) is 63.1. The van der Waals surface area contributed by atoms with Crippen LogP contribution in [-0.2, 0) is 28.6 Å². The lowest BCUT2D eigenvalue weighted by molar-refractivity contribution is -0.167. The summed E-state index contributed by atoms with van der Waals surface area (Å²) in [6, 6.07) is 0. The number of allylic oxidation sites excluding steroid dienone is 14. The fourth-order valence-electron chi connectivity index (χ4n) is 9.08. The van der Waals surface area contributed by atoms with Crippen molar-refractivity contribution in [2.45, 2.75) is 322 Å². The summed E-state index contributed by atoms with van der Waals surface area (Å²) >= 11 is 0. The summed E-state index contributed by atoms with van der Waals surface area (Å²) in [5.41, 5.74) is 0. The summed E-state index contributed by atoms with van der Waals surface area (Å²) in [6.45, 7) is 6.50. The topological polar surface area (TPSA) is 78.9 Å². The maximum absolute atomic E-state index is 12.8. The number of carbonyl (C=O) groups excluding carboxylic acids is 3. The molecule has 0 aromatic heterocycles. The highest BCUT2D eigenvalue weighted by atomic mass is 16.6. The van der Waals surface area contributed by atoms with Gasteiger partial charge in [0.05, 0.1) is 0 Å². The van der Waals surface area contributed by atoms with E-state index in [-0.39, 0.29) is 31.1 Å². The van der Waals surface area contributed by atoms with Crippen molar-refractivity contribution in [2.24, 2.45) is 0 Å². The summed E-state index contributed by atoms with van der Waals surface area (Å²) in [5, 5.41) is 0. The normalized spacial score (nSPS) is 12.6. The van der Waals surface area contributed by atoms with Gasteiger partial charge in [-0.1, -0.05) is 292 Å². The van der Waals surface area contributed by atoms with Gasteiger partial charge in [0.15, 0.2) is 6.10 Å². The average molecular weight is 1050 g/mol. The molecule has 0 aliphatic rings. The van der Waals surface area contributed by atoms with E-state index in [1.165, 1.54) is 173 Å². The number of hydrogen-bond acceptors (Lipinski definition) is 6. The third-order valence-electron chi connectivity index (χ3n) is 13.9. The highest BCUT2D eigenvalue weighted by molar-refractivity contribution is 5.71. The molecule has 0 radical (unpaired) electrons. The van der Waals surface area contributed by atoms with Crippen molar-refractivity contribution >= 4 is 17.9 Å². The summed E-state index contributed by atoms with van der Waals surface area (Å²) in [4.78, 5) is 38.1. The molecular formula is C69H120O6. The lowest BCUT2D eigenvalue weighted by atomic mass is 10.0. The molecule has 0 N–H and O–H groups in total. The van der Waals surface area contributed by atoms with Gasteiger partial charge in [0.2, 0.25) is 0 Å². The standard InChI is InChI=1S/C69H120O6/c1-4-7-10-13-16-19-22-24-25-26-27-28-29-30-31-32-33-34-35-36-37-38-39-40-41-42-43-45-47-50-53-56-59-62-68(71)74-65-66(64-73-67(70)61-58-55-52-49-46-21-18-15-12-9-6-3)75-69(72)63-60-57-54-51-48-44-23-20-17-14-11-8-5-2/h7,10,15-16,18-19,24-25,27-28,30-31,33-34,66H,4-6,8-9,11-14,17,20-23,26,29,32,35-65H2,1-3H3/b10-7-,18-15-,19-16-,25-24-,28-27-,31-30-,34-33-. The fraction of sp³-hybridized carbons (Fsp3) is 0.754. The van der Waals surface area contributed by atoms with Gasteiger partial charge in [0.1, 0.15) is 13.2 Å². The first-order valence-corrected chi connectivity index (χ1v) is 32.1. The van der Waals surface area contributed by atoms with Crippen molar-refractivity contribution in [3.63, 3.8) is 0 Å². The zero-order chi connectivity index (χ0) is 54.3. The van der Waals surface area contributed by atoms with E-state index >= 15 is 0 Å². The van der Waals surface area contributed by atoms with Crippen LogP contribution in [0.3, 0.4) is 0 Å². The lowest BCUT2D eigenvalue weighted by Gasteiger charge is -2.18. The largest absolute Gasteiger partial charge is 0.462 e. The van der Waals surface area contributed by atoms with E-state index in [1.807, 2.05) is 0 Å². The number of hydrogen-bond donors (Lipinski definition) is 0. The minimum atomic E-state index is -0.776. The molecule has 0 aromatic rings. The Kier molecular flexibility index (Phi) is 60.3. The molecule has 0 aliphatic heterocycles. The van der Waals surface area contributed by atoms with Crippen LogP contribution >= 0.6 is 0 Å². The summed E-state index contributed by atoms with van der Waals surface area (Å²) in [5.74, 6) is -0.873. The summed E-state index contributed by atoms with van der Waals surface area (Å²) < 4.78 is 16.9. The molecule has 0 bridgehead atoms. The highest BCUT2D eigenvalue weighted by Gasteiger charge is 2.19. The number of ether oxygens (including phenoxy) is 3. The van der Waals surface area contributed by atoms with Gasteiger partial charge in [-0.25, -0.2) is 0 Å². The summed E-state index contributed by atoms with van der Waals surface area (Å²) in [7, 11) is 0. The van der Waals surface area contributed by atoms with E-state index in [9.17, 15) is 14.4 Å². The Morgan fingerprint density at radius 2 is 0.533 bits per heavy atom. The van der Waals surface area contributed by atoms with Crippen LogP contribution in [0.25, 0.3) is 0 Å². The molecule has 0 saturated carbocycles. The van der Waals surface area contributed by atoms with Crippen molar-refractivity contribution in [3.8, 4) is 0 Å². The molecule has 0 aromatic carbocycles. The predicted octanol–water partition coefficient (Wildman–Crippen LogP) is 21.9. The van der Waals surface area contributed by atoms with Crippen LogP contribution in [0.1, 0.15) is 316 Å². The summed E-state index contributed by atoms with van der Waals surface area (Å²) in [6.07, 6.45) is 83.2. The SMILES string of the molecule is CC/C=C\C/C=C\C/C=C\C/C=C\C/C=C\C/C=C\CCCCCCCCCCCCCCCCC(=O)OCC(COC(=O)CCCCCCC/C=C\CCCC)OC(=O)CCCCCCCCCCCCCCC. The van der Waals surface area contributed by atoms with Gasteiger partial charge in [-0.05, 0) is 89.9 Å². The van der Waals surface area contributed by atoms with Gasteiger partial charge in [-0.2, -0.15) is 0 Å². The van der Waals surface area contributed by atoms with Crippen LogP contribution in [0.2, 0.25) is 0 Å². The van der Waals surface area contributed by atoms with E-state index in [2.05, 4.69) is 106 Å². The smallest absolute Gasteiger partial charge is 0.306 e. The van der Waals surface area contributed by atoms with Gasteiger partial charge in [0.25, 0.3) is 0 Å². The van der Waals surface area contributed by atoms with Gasteiger partial charge in [0, 0.05) is 19.3 Å². The molecule has 0 aliphatic carbocycles. The number of unbranched alkanes of at least 4 members (excludes halogenated alkanes) is 33. The third kappa shape index (κ3) is 61.3. The zero-order valence-corrected chi connectivity index (χ0v) is 49.6. The molecule has 0 rings (SSSR count). The molecule has 432 valence electrons. The minimum Gasteiger partial charge on any atom is -0.462 e. The maximum Gasteiger partial charge on any atom is 0.306 e. The van der Waals surface area contributed by atoms with Gasteiger partial charge in [-0.3, -0.25) is 14.4 Å². The number of carbonyl (C=O) groups is 3. The Bertz CT molecular complexity index is 1430. The molecule has 0 amide bonds. The van der Waals surface area contributed by atoms with Crippen LogP contribution in [0.4, 0.5) is 0 Å². The quantitative estimate of drug-likeness (QED) is 0.0261. The second-order valence-electron chi connectivity index (χ2n) is 21.3.